The van der Waals surface area contributed by atoms with Gasteiger partial charge in [0.15, 0.2) is 0 Å². The van der Waals surface area contributed by atoms with Gasteiger partial charge in [-0.3, -0.25) is 9.69 Å². The standard InChI is InChI=1S/C24H34N4O2/c1-20(2)22-25-10-11-27(22)15-12-26-13-16-28(17-14-26)23(29)24(8-18-30-19-9-24)21-6-4-3-5-7-21/h3-7,10-11,20H,8-9,12-19H2,1-2H3. The van der Waals surface area contributed by atoms with E-state index in [2.05, 4.69) is 51.5 Å². The first-order valence-corrected chi connectivity index (χ1v) is 11.3. The second kappa shape index (κ2) is 9.31. The smallest absolute Gasteiger partial charge is 0.233 e. The number of imidazole rings is 1. The molecule has 2 aliphatic rings. The van der Waals surface area contributed by atoms with Gasteiger partial charge >= 0.3 is 0 Å². The molecule has 2 aliphatic heterocycles. The summed E-state index contributed by atoms with van der Waals surface area (Å²) in [6.07, 6.45) is 5.51. The number of ether oxygens (including phenoxy) is 1. The van der Waals surface area contributed by atoms with Gasteiger partial charge in [0.1, 0.15) is 5.82 Å². The van der Waals surface area contributed by atoms with Gasteiger partial charge in [0.05, 0.1) is 5.41 Å². The Morgan fingerprint density at radius 3 is 2.43 bits per heavy atom. The fourth-order valence-corrected chi connectivity index (χ4v) is 4.84. The Labute approximate surface area is 179 Å². The van der Waals surface area contributed by atoms with E-state index in [9.17, 15) is 4.79 Å². The average molecular weight is 411 g/mol. The van der Waals surface area contributed by atoms with Gasteiger partial charge in [0.25, 0.3) is 0 Å². The Kier molecular flexibility index (Phi) is 6.54. The molecule has 0 unspecified atom stereocenters. The molecule has 0 atom stereocenters. The predicted octanol–water partition coefficient (Wildman–Crippen LogP) is 2.90. The molecule has 2 saturated heterocycles. The highest BCUT2D eigenvalue weighted by molar-refractivity contribution is 5.88. The summed E-state index contributed by atoms with van der Waals surface area (Å²) < 4.78 is 7.87. The van der Waals surface area contributed by atoms with Gasteiger partial charge in [-0.2, -0.15) is 0 Å². The van der Waals surface area contributed by atoms with Crippen LogP contribution in [0.25, 0.3) is 0 Å². The summed E-state index contributed by atoms with van der Waals surface area (Å²) in [5.41, 5.74) is 0.715. The Morgan fingerprint density at radius 1 is 1.07 bits per heavy atom. The second-order valence-corrected chi connectivity index (χ2v) is 8.83. The van der Waals surface area contributed by atoms with Gasteiger partial charge in [-0.05, 0) is 18.4 Å². The molecule has 6 heteroatoms. The summed E-state index contributed by atoms with van der Waals surface area (Å²) in [5.74, 6) is 1.87. The molecule has 0 N–H and O–H groups in total. The Balaban J connectivity index is 1.37. The SMILES string of the molecule is CC(C)c1nccn1CCN1CCN(C(=O)C2(c3ccccc3)CCOCC2)CC1. The third kappa shape index (κ3) is 4.30. The van der Waals surface area contributed by atoms with Crippen LogP contribution in [0.3, 0.4) is 0 Å². The molecule has 2 fully saturated rings. The summed E-state index contributed by atoms with van der Waals surface area (Å²) in [4.78, 5) is 22.7. The molecule has 6 nitrogen and oxygen atoms in total. The van der Waals surface area contributed by atoms with Crippen LogP contribution in [-0.2, 0) is 21.5 Å². The van der Waals surface area contributed by atoms with Gasteiger partial charge < -0.3 is 14.2 Å². The first-order chi connectivity index (χ1) is 14.6. The molecule has 4 rings (SSSR count). The molecule has 1 amide bonds. The average Bonchev–Trinajstić information content (AvgIpc) is 3.28. The minimum absolute atomic E-state index is 0.286. The van der Waals surface area contributed by atoms with Crippen LogP contribution in [-0.4, -0.2) is 71.2 Å². The van der Waals surface area contributed by atoms with Crippen molar-refractivity contribution < 1.29 is 9.53 Å². The van der Waals surface area contributed by atoms with E-state index in [-0.39, 0.29) is 5.91 Å². The van der Waals surface area contributed by atoms with E-state index < -0.39 is 5.41 Å². The van der Waals surface area contributed by atoms with E-state index in [4.69, 9.17) is 4.74 Å². The maximum atomic E-state index is 13.7. The number of nitrogens with zero attached hydrogens (tertiary/aromatic N) is 4. The lowest BCUT2D eigenvalue weighted by molar-refractivity contribution is -0.143. The quantitative estimate of drug-likeness (QED) is 0.735. The molecular weight excluding hydrogens is 376 g/mol. The molecule has 30 heavy (non-hydrogen) atoms. The van der Waals surface area contributed by atoms with Crippen molar-refractivity contribution in [1.29, 1.82) is 0 Å². The highest BCUT2D eigenvalue weighted by atomic mass is 16.5. The lowest BCUT2D eigenvalue weighted by Crippen LogP contribution is -2.56. The largest absolute Gasteiger partial charge is 0.381 e. The zero-order chi connectivity index (χ0) is 21.0. The van der Waals surface area contributed by atoms with Crippen molar-refractivity contribution in [2.75, 3.05) is 45.9 Å². The molecule has 1 aromatic carbocycles. The number of amides is 1. The van der Waals surface area contributed by atoms with Crippen LogP contribution >= 0.6 is 0 Å². The molecule has 3 heterocycles. The van der Waals surface area contributed by atoms with Crippen LogP contribution in [0.2, 0.25) is 0 Å². The van der Waals surface area contributed by atoms with E-state index in [1.54, 1.807) is 0 Å². The summed E-state index contributed by atoms with van der Waals surface area (Å²) in [5, 5.41) is 0. The maximum Gasteiger partial charge on any atom is 0.233 e. The highest BCUT2D eigenvalue weighted by Crippen LogP contribution is 2.37. The number of aromatic nitrogens is 2. The van der Waals surface area contributed by atoms with Crippen LogP contribution in [0.15, 0.2) is 42.7 Å². The van der Waals surface area contributed by atoms with E-state index in [1.165, 1.54) is 0 Å². The highest BCUT2D eigenvalue weighted by Gasteiger charge is 2.44. The Bertz CT molecular complexity index is 819. The molecule has 1 aromatic heterocycles. The van der Waals surface area contributed by atoms with Crippen molar-refractivity contribution >= 4 is 5.91 Å². The van der Waals surface area contributed by atoms with Crippen molar-refractivity contribution in [3.8, 4) is 0 Å². The molecule has 0 radical (unpaired) electrons. The molecule has 0 spiro atoms. The number of carbonyl (C=O) groups excluding carboxylic acids is 1. The van der Waals surface area contributed by atoms with Gasteiger partial charge in [-0.1, -0.05) is 44.2 Å². The fourth-order valence-electron chi connectivity index (χ4n) is 4.84. The summed E-state index contributed by atoms with van der Waals surface area (Å²) in [6, 6.07) is 10.3. The lowest BCUT2D eigenvalue weighted by atomic mass is 9.73. The number of hydrogen-bond donors (Lipinski definition) is 0. The van der Waals surface area contributed by atoms with Gasteiger partial charge in [0.2, 0.25) is 5.91 Å². The maximum absolute atomic E-state index is 13.7. The second-order valence-electron chi connectivity index (χ2n) is 8.83. The number of piperazine rings is 1. The van der Waals surface area contributed by atoms with Crippen molar-refractivity contribution in [2.45, 2.75) is 44.6 Å². The van der Waals surface area contributed by atoms with Gasteiger partial charge in [0, 0.05) is 70.8 Å². The van der Waals surface area contributed by atoms with Crippen molar-refractivity contribution in [1.82, 2.24) is 19.4 Å². The number of carbonyl (C=O) groups is 1. The van der Waals surface area contributed by atoms with E-state index in [0.29, 0.717) is 19.1 Å². The van der Waals surface area contributed by atoms with E-state index in [0.717, 1.165) is 63.5 Å². The summed E-state index contributed by atoms with van der Waals surface area (Å²) in [7, 11) is 0. The van der Waals surface area contributed by atoms with Gasteiger partial charge in [-0.25, -0.2) is 4.98 Å². The predicted molar refractivity (Wildman–Crippen MR) is 118 cm³/mol. The van der Waals surface area contributed by atoms with Crippen molar-refractivity contribution in [2.24, 2.45) is 0 Å². The molecule has 0 bridgehead atoms. The molecular formula is C24H34N4O2. The van der Waals surface area contributed by atoms with Crippen molar-refractivity contribution in [3.63, 3.8) is 0 Å². The number of benzene rings is 1. The Morgan fingerprint density at radius 2 is 1.77 bits per heavy atom. The molecule has 162 valence electrons. The normalized spacial score (nSPS) is 19.9. The van der Waals surface area contributed by atoms with E-state index >= 15 is 0 Å². The molecule has 0 aliphatic carbocycles. The summed E-state index contributed by atoms with van der Waals surface area (Å²) in [6.45, 7) is 11.1. The zero-order valence-electron chi connectivity index (χ0n) is 18.3. The third-order valence-electron chi connectivity index (χ3n) is 6.66. The van der Waals surface area contributed by atoms with E-state index in [1.807, 2.05) is 24.4 Å². The minimum Gasteiger partial charge on any atom is -0.381 e. The molecule has 0 saturated carbocycles. The summed E-state index contributed by atoms with van der Waals surface area (Å²) >= 11 is 0. The monoisotopic (exact) mass is 410 g/mol. The number of hydrogen-bond acceptors (Lipinski definition) is 4. The van der Waals surface area contributed by atoms with Crippen LogP contribution in [0, 0.1) is 0 Å². The van der Waals surface area contributed by atoms with Crippen LogP contribution in [0.4, 0.5) is 0 Å². The number of rotatable bonds is 6. The Hall–Kier alpha value is -2.18. The van der Waals surface area contributed by atoms with Crippen molar-refractivity contribution in [3.05, 3.63) is 54.1 Å². The third-order valence-corrected chi connectivity index (χ3v) is 6.66. The van der Waals surface area contributed by atoms with Crippen LogP contribution < -0.4 is 0 Å². The van der Waals surface area contributed by atoms with Crippen LogP contribution in [0.1, 0.15) is 44.0 Å². The first kappa shape index (κ1) is 21.1. The minimum atomic E-state index is -0.426. The fraction of sp³-hybridized carbons (Fsp3) is 0.583. The van der Waals surface area contributed by atoms with Crippen LogP contribution in [0.5, 0.6) is 0 Å². The lowest BCUT2D eigenvalue weighted by Gasteiger charge is -2.43. The first-order valence-electron chi connectivity index (χ1n) is 11.3. The molecule has 2 aromatic rings. The zero-order valence-corrected chi connectivity index (χ0v) is 18.3. The topological polar surface area (TPSA) is 50.6 Å². The van der Waals surface area contributed by atoms with Gasteiger partial charge in [-0.15, -0.1) is 0 Å².